The third-order valence-electron chi connectivity index (χ3n) is 5.20. The number of rotatable bonds is 7. The molecule has 0 unspecified atom stereocenters. The van der Waals surface area contributed by atoms with Crippen molar-refractivity contribution in [1.29, 1.82) is 0 Å². The topological polar surface area (TPSA) is 54.9 Å². The first-order valence-corrected chi connectivity index (χ1v) is 11.3. The van der Waals surface area contributed by atoms with Crippen molar-refractivity contribution in [3.8, 4) is 22.8 Å². The van der Waals surface area contributed by atoms with Gasteiger partial charge in [0.25, 0.3) is 5.91 Å². The summed E-state index contributed by atoms with van der Waals surface area (Å²) in [6.07, 6.45) is 0. The van der Waals surface area contributed by atoms with Crippen LogP contribution in [0.2, 0.25) is 5.02 Å². The number of methoxy groups -OCH3 is 1. The Morgan fingerprint density at radius 2 is 1.77 bits per heavy atom. The summed E-state index contributed by atoms with van der Waals surface area (Å²) in [7, 11) is 1.59. The lowest BCUT2D eigenvalue weighted by atomic mass is 10.2. The Morgan fingerprint density at radius 3 is 2.48 bits per heavy atom. The van der Waals surface area contributed by atoms with Crippen LogP contribution in [0.4, 0.5) is 0 Å². The molecule has 4 rings (SSSR count). The monoisotopic (exact) mass is 457 g/mol. The van der Waals surface area contributed by atoms with Gasteiger partial charge in [-0.05, 0) is 24.3 Å². The van der Waals surface area contributed by atoms with Crippen molar-refractivity contribution >= 4 is 28.8 Å². The van der Waals surface area contributed by atoms with E-state index in [1.807, 2.05) is 47.4 Å². The van der Waals surface area contributed by atoms with Gasteiger partial charge in [-0.3, -0.25) is 9.69 Å². The van der Waals surface area contributed by atoms with Crippen LogP contribution in [0.1, 0.15) is 5.01 Å². The minimum Gasteiger partial charge on any atom is -0.493 e. The maximum atomic E-state index is 12.5. The predicted octanol–water partition coefficient (Wildman–Crippen LogP) is 4.20. The molecule has 0 atom stereocenters. The van der Waals surface area contributed by atoms with Crippen molar-refractivity contribution in [2.24, 2.45) is 0 Å². The molecule has 0 saturated carbocycles. The molecular formula is C23H24ClN3O3S. The summed E-state index contributed by atoms with van der Waals surface area (Å²) in [5.41, 5.74) is 2.04. The predicted molar refractivity (Wildman–Crippen MR) is 123 cm³/mol. The van der Waals surface area contributed by atoms with Gasteiger partial charge in [-0.2, -0.15) is 0 Å². The third-order valence-corrected chi connectivity index (χ3v) is 6.28. The molecule has 2 heterocycles. The first-order chi connectivity index (χ1) is 15.1. The molecule has 0 spiro atoms. The second-order valence-electron chi connectivity index (χ2n) is 7.23. The van der Waals surface area contributed by atoms with Crippen LogP contribution in [-0.4, -0.2) is 60.6 Å². The first kappa shape index (κ1) is 21.6. The molecule has 3 aromatic rings. The van der Waals surface area contributed by atoms with Gasteiger partial charge in [0.2, 0.25) is 0 Å². The van der Waals surface area contributed by atoms with Crippen LogP contribution in [0.5, 0.6) is 11.5 Å². The zero-order valence-corrected chi connectivity index (χ0v) is 18.9. The summed E-state index contributed by atoms with van der Waals surface area (Å²) in [5.74, 6) is 1.20. The molecule has 1 aliphatic rings. The van der Waals surface area contributed by atoms with Crippen LogP contribution in [0.25, 0.3) is 11.3 Å². The number of aromatic nitrogens is 1. The van der Waals surface area contributed by atoms with Crippen LogP contribution in [0.3, 0.4) is 0 Å². The first-order valence-electron chi connectivity index (χ1n) is 10.1. The fourth-order valence-corrected chi connectivity index (χ4v) is 4.42. The number of amides is 1. The number of para-hydroxylation sites is 2. The van der Waals surface area contributed by atoms with Crippen molar-refractivity contribution in [2.75, 3.05) is 39.9 Å². The number of hydrogen-bond donors (Lipinski definition) is 0. The van der Waals surface area contributed by atoms with E-state index in [4.69, 9.17) is 26.1 Å². The van der Waals surface area contributed by atoms with E-state index < -0.39 is 0 Å². The quantitative estimate of drug-likeness (QED) is 0.532. The van der Waals surface area contributed by atoms with Crippen LogP contribution in [0.15, 0.2) is 53.9 Å². The second-order valence-corrected chi connectivity index (χ2v) is 8.61. The highest BCUT2D eigenvalue weighted by Crippen LogP contribution is 2.26. The summed E-state index contributed by atoms with van der Waals surface area (Å²) in [4.78, 5) is 21.5. The van der Waals surface area contributed by atoms with E-state index >= 15 is 0 Å². The lowest BCUT2D eigenvalue weighted by molar-refractivity contribution is -0.135. The molecule has 0 bridgehead atoms. The highest BCUT2D eigenvalue weighted by atomic mass is 35.5. The third kappa shape index (κ3) is 5.55. The zero-order valence-electron chi connectivity index (χ0n) is 17.3. The highest BCUT2D eigenvalue weighted by molar-refractivity contribution is 7.09. The molecule has 1 amide bonds. The van der Waals surface area contributed by atoms with Crippen LogP contribution >= 0.6 is 22.9 Å². The molecule has 31 heavy (non-hydrogen) atoms. The van der Waals surface area contributed by atoms with Crippen molar-refractivity contribution in [1.82, 2.24) is 14.8 Å². The van der Waals surface area contributed by atoms with Gasteiger partial charge in [0.1, 0.15) is 5.01 Å². The van der Waals surface area contributed by atoms with E-state index in [0.717, 1.165) is 40.9 Å². The SMILES string of the molecule is COc1ccccc1OCC(=O)N1CCN(Cc2nc(-c3ccc(Cl)cc3)cs2)CC1. The number of carbonyl (C=O) groups excluding carboxylic acids is 1. The zero-order chi connectivity index (χ0) is 21.6. The average molecular weight is 458 g/mol. The highest BCUT2D eigenvalue weighted by Gasteiger charge is 2.22. The van der Waals surface area contributed by atoms with Crippen LogP contribution in [0, 0.1) is 0 Å². The number of nitrogens with zero attached hydrogens (tertiary/aromatic N) is 3. The van der Waals surface area contributed by atoms with E-state index in [1.165, 1.54) is 0 Å². The van der Waals surface area contributed by atoms with E-state index in [-0.39, 0.29) is 12.5 Å². The van der Waals surface area contributed by atoms with Gasteiger partial charge in [0, 0.05) is 42.1 Å². The largest absolute Gasteiger partial charge is 0.493 e. The van der Waals surface area contributed by atoms with Crippen LogP contribution in [-0.2, 0) is 11.3 Å². The summed E-state index contributed by atoms with van der Waals surface area (Å²) in [5, 5.41) is 3.87. The Balaban J connectivity index is 1.25. The van der Waals surface area contributed by atoms with Gasteiger partial charge >= 0.3 is 0 Å². The maximum Gasteiger partial charge on any atom is 0.260 e. The molecule has 2 aromatic carbocycles. The summed E-state index contributed by atoms with van der Waals surface area (Å²) < 4.78 is 10.9. The molecule has 1 aromatic heterocycles. The van der Waals surface area contributed by atoms with E-state index in [0.29, 0.717) is 24.6 Å². The Hall–Kier alpha value is -2.61. The van der Waals surface area contributed by atoms with Gasteiger partial charge in [0.05, 0.1) is 19.3 Å². The number of benzene rings is 2. The molecule has 0 aliphatic carbocycles. The lowest BCUT2D eigenvalue weighted by Crippen LogP contribution is -2.49. The van der Waals surface area contributed by atoms with E-state index in [2.05, 4.69) is 10.3 Å². The summed E-state index contributed by atoms with van der Waals surface area (Å²) >= 11 is 7.63. The summed E-state index contributed by atoms with van der Waals surface area (Å²) in [6, 6.07) is 15.1. The van der Waals surface area contributed by atoms with Crippen molar-refractivity contribution in [2.45, 2.75) is 6.54 Å². The minimum atomic E-state index is -0.00942. The Kier molecular flexibility index (Phi) is 7.06. The second kappa shape index (κ2) is 10.1. The van der Waals surface area contributed by atoms with Gasteiger partial charge < -0.3 is 14.4 Å². The lowest BCUT2D eigenvalue weighted by Gasteiger charge is -2.34. The van der Waals surface area contributed by atoms with E-state index in [1.54, 1.807) is 24.5 Å². The maximum absolute atomic E-state index is 12.5. The molecule has 6 nitrogen and oxygen atoms in total. The molecule has 0 radical (unpaired) electrons. The number of piperazine rings is 1. The Morgan fingerprint density at radius 1 is 1.06 bits per heavy atom. The van der Waals surface area contributed by atoms with Gasteiger partial charge in [-0.1, -0.05) is 35.9 Å². The molecule has 162 valence electrons. The summed E-state index contributed by atoms with van der Waals surface area (Å²) in [6.45, 7) is 3.80. The smallest absolute Gasteiger partial charge is 0.260 e. The molecule has 1 aliphatic heterocycles. The molecule has 1 saturated heterocycles. The number of halogens is 1. The molecular weight excluding hydrogens is 434 g/mol. The molecule has 8 heteroatoms. The van der Waals surface area contributed by atoms with Crippen molar-refractivity contribution in [3.05, 3.63) is 63.9 Å². The fourth-order valence-electron chi connectivity index (χ4n) is 3.45. The number of hydrogen-bond acceptors (Lipinski definition) is 6. The van der Waals surface area contributed by atoms with Gasteiger partial charge in [-0.25, -0.2) is 4.98 Å². The number of ether oxygens (including phenoxy) is 2. The van der Waals surface area contributed by atoms with Gasteiger partial charge in [-0.15, -0.1) is 11.3 Å². The number of carbonyl (C=O) groups is 1. The molecule has 1 fully saturated rings. The van der Waals surface area contributed by atoms with Crippen LogP contribution < -0.4 is 9.47 Å². The van der Waals surface area contributed by atoms with E-state index in [9.17, 15) is 4.79 Å². The number of thiazole rings is 1. The van der Waals surface area contributed by atoms with Gasteiger partial charge in [0.15, 0.2) is 18.1 Å². The average Bonchev–Trinajstić information content (AvgIpc) is 3.27. The minimum absolute atomic E-state index is 0.00942. The van der Waals surface area contributed by atoms with Crippen molar-refractivity contribution in [3.63, 3.8) is 0 Å². The standard InChI is InChI=1S/C23H24ClN3O3S/c1-29-20-4-2-3-5-21(20)30-15-23(28)27-12-10-26(11-13-27)14-22-25-19(16-31-22)17-6-8-18(24)9-7-17/h2-9,16H,10-15H2,1H3. The normalized spacial score (nSPS) is 14.5. The Labute approximate surface area is 191 Å². The fraction of sp³-hybridized carbons (Fsp3) is 0.304. The van der Waals surface area contributed by atoms with Crippen molar-refractivity contribution < 1.29 is 14.3 Å². The molecule has 0 N–H and O–H groups in total. The Bertz CT molecular complexity index is 1020.